The molecule has 6 heteroatoms. The molecule has 0 aliphatic heterocycles. The lowest BCUT2D eigenvalue weighted by Gasteiger charge is -2.17. The Morgan fingerprint density at radius 1 is 1.25 bits per heavy atom. The average molecular weight is 300 g/mol. The maximum Gasteiger partial charge on any atom is 0.242 e. The highest BCUT2D eigenvalue weighted by Crippen LogP contribution is 2.21. The molecule has 1 aromatic carbocycles. The van der Waals surface area contributed by atoms with Crippen molar-refractivity contribution in [3.8, 4) is 0 Å². The van der Waals surface area contributed by atoms with Crippen LogP contribution in [0.25, 0.3) is 0 Å². The topological polar surface area (TPSA) is 78.4 Å². The first-order valence-electron chi connectivity index (χ1n) is 6.98. The lowest BCUT2D eigenvalue weighted by atomic mass is 10.0. The third-order valence-corrected chi connectivity index (χ3v) is 4.81. The zero-order valence-corrected chi connectivity index (χ0v) is 12.9. The Bertz CT molecular complexity index is 503. The van der Waals surface area contributed by atoms with Crippen molar-refractivity contribution in [1.29, 1.82) is 0 Å². The highest BCUT2D eigenvalue weighted by molar-refractivity contribution is 7.89. The van der Waals surface area contributed by atoms with Crippen LogP contribution in [0.1, 0.15) is 26.7 Å². The van der Waals surface area contributed by atoms with E-state index in [9.17, 15) is 8.42 Å². The molecule has 0 radical (unpaired) electrons. The van der Waals surface area contributed by atoms with Crippen LogP contribution in [0.3, 0.4) is 0 Å². The van der Waals surface area contributed by atoms with E-state index in [1.54, 1.807) is 31.2 Å². The molecular weight excluding hydrogens is 276 g/mol. The van der Waals surface area contributed by atoms with Crippen molar-refractivity contribution in [3.05, 3.63) is 24.3 Å². The second kappa shape index (κ2) is 8.24. The minimum absolute atomic E-state index is 0.150. The Hall–Kier alpha value is -1.11. The Morgan fingerprint density at radius 3 is 2.55 bits per heavy atom. The molecule has 1 rings (SSSR count). The summed E-state index contributed by atoms with van der Waals surface area (Å²) >= 11 is 0. The molecule has 0 bridgehead atoms. The highest BCUT2D eigenvalue weighted by atomic mass is 32.2. The summed E-state index contributed by atoms with van der Waals surface area (Å²) < 4.78 is 26.7. The van der Waals surface area contributed by atoms with E-state index in [2.05, 4.69) is 17.0 Å². The number of benzene rings is 1. The van der Waals surface area contributed by atoms with Crippen molar-refractivity contribution in [1.82, 2.24) is 4.72 Å². The summed E-state index contributed by atoms with van der Waals surface area (Å²) in [6, 6.07) is 6.87. The molecule has 0 saturated heterocycles. The first-order chi connectivity index (χ1) is 9.55. The van der Waals surface area contributed by atoms with E-state index in [0.29, 0.717) is 31.1 Å². The number of hydrogen-bond acceptors (Lipinski definition) is 4. The van der Waals surface area contributed by atoms with Gasteiger partial charge in [0.1, 0.15) is 4.90 Å². The molecular formula is C14H24N2O3S. The summed E-state index contributed by atoms with van der Waals surface area (Å²) in [5.41, 5.74) is 0.602. The molecule has 114 valence electrons. The fraction of sp³-hybridized carbons (Fsp3) is 0.571. The second-order valence-corrected chi connectivity index (χ2v) is 6.40. The quantitative estimate of drug-likeness (QED) is 0.650. The summed E-state index contributed by atoms with van der Waals surface area (Å²) in [5.74, 6) is 0.329. The molecule has 0 spiro atoms. The van der Waals surface area contributed by atoms with Gasteiger partial charge in [0.15, 0.2) is 0 Å². The normalized spacial score (nSPS) is 13.2. The van der Waals surface area contributed by atoms with Crippen LogP contribution >= 0.6 is 0 Å². The number of nitrogens with one attached hydrogen (secondary N) is 2. The average Bonchev–Trinajstić information content (AvgIpc) is 2.43. The minimum atomic E-state index is -3.47. The van der Waals surface area contributed by atoms with Gasteiger partial charge in [-0.3, -0.25) is 0 Å². The number of para-hydroxylation sites is 1. The molecule has 5 nitrogen and oxygen atoms in total. The van der Waals surface area contributed by atoms with Crippen molar-refractivity contribution in [2.24, 2.45) is 5.92 Å². The minimum Gasteiger partial charge on any atom is -0.396 e. The van der Waals surface area contributed by atoms with Crippen LogP contribution in [0.15, 0.2) is 29.2 Å². The molecule has 0 aliphatic carbocycles. The maximum absolute atomic E-state index is 12.1. The first kappa shape index (κ1) is 16.9. The van der Waals surface area contributed by atoms with Crippen molar-refractivity contribution >= 4 is 15.7 Å². The zero-order chi connectivity index (χ0) is 15.0. The molecule has 1 atom stereocenters. The predicted octanol–water partition coefficient (Wildman–Crippen LogP) is 1.81. The fourth-order valence-corrected chi connectivity index (χ4v) is 3.23. The zero-order valence-electron chi connectivity index (χ0n) is 12.1. The van der Waals surface area contributed by atoms with Gasteiger partial charge in [0.2, 0.25) is 10.0 Å². The van der Waals surface area contributed by atoms with Gasteiger partial charge in [-0.2, -0.15) is 0 Å². The van der Waals surface area contributed by atoms with Gasteiger partial charge in [-0.05, 0) is 24.5 Å². The third kappa shape index (κ3) is 4.77. The van der Waals surface area contributed by atoms with Crippen molar-refractivity contribution < 1.29 is 13.5 Å². The molecule has 0 saturated carbocycles. The first-order valence-corrected chi connectivity index (χ1v) is 8.46. The van der Waals surface area contributed by atoms with Gasteiger partial charge in [-0.15, -0.1) is 0 Å². The lowest BCUT2D eigenvalue weighted by Crippen LogP contribution is -2.25. The van der Waals surface area contributed by atoms with E-state index in [4.69, 9.17) is 5.11 Å². The van der Waals surface area contributed by atoms with Gasteiger partial charge in [0.05, 0.1) is 5.69 Å². The van der Waals surface area contributed by atoms with Crippen molar-refractivity contribution in [2.45, 2.75) is 31.6 Å². The number of rotatable bonds is 9. The summed E-state index contributed by atoms with van der Waals surface area (Å²) in [4.78, 5) is 0.265. The van der Waals surface area contributed by atoms with E-state index < -0.39 is 10.0 Å². The molecule has 0 amide bonds. The van der Waals surface area contributed by atoms with E-state index in [0.717, 1.165) is 6.42 Å². The SMILES string of the molecule is CCNS(=O)(=O)c1ccccc1NCC(CC)CCO. The largest absolute Gasteiger partial charge is 0.396 e. The molecule has 1 aromatic rings. The Morgan fingerprint density at radius 2 is 1.95 bits per heavy atom. The third-order valence-electron chi connectivity index (χ3n) is 3.21. The van der Waals surface area contributed by atoms with Crippen LogP contribution in [0.2, 0.25) is 0 Å². The number of anilines is 1. The van der Waals surface area contributed by atoms with Gasteiger partial charge < -0.3 is 10.4 Å². The monoisotopic (exact) mass is 300 g/mol. The van der Waals surface area contributed by atoms with Gasteiger partial charge in [-0.1, -0.05) is 32.4 Å². The Balaban J connectivity index is 2.86. The molecule has 0 aromatic heterocycles. The van der Waals surface area contributed by atoms with Gasteiger partial charge >= 0.3 is 0 Å². The standard InChI is InChI=1S/C14H24N2O3S/c1-3-12(9-10-17)11-15-13-7-5-6-8-14(13)20(18,19)16-4-2/h5-8,12,15-17H,3-4,9-11H2,1-2H3. The molecule has 0 aliphatic rings. The molecule has 20 heavy (non-hydrogen) atoms. The highest BCUT2D eigenvalue weighted by Gasteiger charge is 2.17. The summed E-state index contributed by atoms with van der Waals surface area (Å²) in [6.45, 7) is 4.97. The molecule has 3 N–H and O–H groups in total. The van der Waals surface area contributed by atoms with Gasteiger partial charge in [-0.25, -0.2) is 13.1 Å². The van der Waals surface area contributed by atoms with Gasteiger partial charge in [0, 0.05) is 19.7 Å². The maximum atomic E-state index is 12.1. The Labute approximate surface area is 121 Å². The number of hydrogen-bond donors (Lipinski definition) is 3. The number of sulfonamides is 1. The second-order valence-electron chi connectivity index (χ2n) is 4.66. The van der Waals surface area contributed by atoms with Gasteiger partial charge in [0.25, 0.3) is 0 Å². The lowest BCUT2D eigenvalue weighted by molar-refractivity contribution is 0.258. The van der Waals surface area contributed by atoms with Crippen LogP contribution in [-0.2, 0) is 10.0 Å². The summed E-state index contributed by atoms with van der Waals surface area (Å²) in [7, 11) is -3.47. The smallest absolute Gasteiger partial charge is 0.242 e. The van der Waals surface area contributed by atoms with Crippen molar-refractivity contribution in [3.63, 3.8) is 0 Å². The Kier molecular flexibility index (Phi) is 6.98. The van der Waals surface area contributed by atoms with E-state index in [1.807, 2.05) is 0 Å². The van der Waals surface area contributed by atoms with Crippen LogP contribution in [-0.4, -0.2) is 33.2 Å². The number of aliphatic hydroxyl groups is 1. The summed E-state index contributed by atoms with van der Waals surface area (Å²) in [6.07, 6.45) is 1.65. The van der Waals surface area contributed by atoms with Crippen LogP contribution in [0, 0.1) is 5.92 Å². The van der Waals surface area contributed by atoms with E-state index in [1.165, 1.54) is 0 Å². The molecule has 0 heterocycles. The fourth-order valence-electron chi connectivity index (χ4n) is 2.00. The summed E-state index contributed by atoms with van der Waals surface area (Å²) in [5, 5.41) is 12.2. The van der Waals surface area contributed by atoms with Crippen LogP contribution in [0.5, 0.6) is 0 Å². The predicted molar refractivity (Wildman–Crippen MR) is 81.3 cm³/mol. The van der Waals surface area contributed by atoms with E-state index in [-0.39, 0.29) is 11.5 Å². The number of aliphatic hydroxyl groups excluding tert-OH is 1. The van der Waals surface area contributed by atoms with E-state index >= 15 is 0 Å². The molecule has 1 unspecified atom stereocenters. The van der Waals surface area contributed by atoms with Crippen LogP contribution in [0.4, 0.5) is 5.69 Å². The van der Waals surface area contributed by atoms with Crippen molar-refractivity contribution in [2.75, 3.05) is 25.0 Å². The van der Waals surface area contributed by atoms with Crippen LogP contribution < -0.4 is 10.0 Å². The molecule has 0 fully saturated rings.